The zero-order valence-corrected chi connectivity index (χ0v) is 12.7. The zero-order chi connectivity index (χ0) is 14.0. The van der Waals surface area contributed by atoms with Gasteiger partial charge in [-0.1, -0.05) is 11.6 Å². The predicted molar refractivity (Wildman–Crippen MR) is 79.6 cm³/mol. The molecule has 104 valence electrons. The molecule has 1 aromatic heterocycles. The van der Waals surface area contributed by atoms with E-state index in [1.54, 1.807) is 6.07 Å². The van der Waals surface area contributed by atoms with E-state index in [0.717, 1.165) is 17.3 Å². The Morgan fingerprint density at radius 2 is 2.21 bits per heavy atom. The quantitative estimate of drug-likeness (QED) is 0.656. The van der Waals surface area contributed by atoms with E-state index in [1.807, 2.05) is 16.7 Å². The minimum Gasteiger partial charge on any atom is -0.331 e. The van der Waals surface area contributed by atoms with E-state index in [0.29, 0.717) is 29.3 Å². The molecule has 0 aliphatic heterocycles. The number of nitrogens with zero attached hydrogens (tertiary/aromatic N) is 1. The van der Waals surface area contributed by atoms with Crippen LogP contribution in [0.15, 0.2) is 18.2 Å². The van der Waals surface area contributed by atoms with Crippen LogP contribution in [0.3, 0.4) is 0 Å². The summed E-state index contributed by atoms with van der Waals surface area (Å²) in [6, 6.07) is 5.52. The van der Waals surface area contributed by atoms with E-state index in [9.17, 15) is 8.42 Å². The normalized spacial score (nSPS) is 12.1. The molecular formula is C11H14ClN3O2S2. The summed E-state index contributed by atoms with van der Waals surface area (Å²) < 4.78 is 26.9. The fourth-order valence-corrected chi connectivity index (χ4v) is 2.84. The van der Waals surface area contributed by atoms with Crippen LogP contribution in [-0.2, 0) is 16.6 Å². The number of aromatic amines is 1. The van der Waals surface area contributed by atoms with Crippen molar-refractivity contribution < 1.29 is 8.42 Å². The van der Waals surface area contributed by atoms with Gasteiger partial charge in [0.1, 0.15) is 0 Å². The van der Waals surface area contributed by atoms with Crippen LogP contribution in [0.2, 0.25) is 5.02 Å². The van der Waals surface area contributed by atoms with Crippen LogP contribution < -0.4 is 4.72 Å². The van der Waals surface area contributed by atoms with E-state index >= 15 is 0 Å². The molecule has 0 saturated carbocycles. The first-order chi connectivity index (χ1) is 8.87. The Hall–Kier alpha value is -0.890. The summed E-state index contributed by atoms with van der Waals surface area (Å²) in [4.78, 5) is 3.08. The highest BCUT2D eigenvalue weighted by Gasteiger charge is 2.05. The van der Waals surface area contributed by atoms with Crippen LogP contribution in [-0.4, -0.2) is 30.8 Å². The van der Waals surface area contributed by atoms with Gasteiger partial charge in [0.25, 0.3) is 0 Å². The molecule has 0 aliphatic rings. The van der Waals surface area contributed by atoms with Crippen LogP contribution in [0.5, 0.6) is 0 Å². The second-order valence-corrected chi connectivity index (χ2v) is 6.92. The lowest BCUT2D eigenvalue weighted by Crippen LogP contribution is -2.23. The number of H-pyrrole nitrogens is 1. The lowest BCUT2D eigenvalue weighted by molar-refractivity contribution is 0.576. The maximum atomic E-state index is 11.0. The average Bonchev–Trinajstić information content (AvgIpc) is 2.58. The smallest absolute Gasteiger partial charge is 0.208 e. The molecule has 0 unspecified atom stereocenters. The summed E-state index contributed by atoms with van der Waals surface area (Å²) in [6.45, 7) is 1.03. The monoisotopic (exact) mass is 319 g/mol. The van der Waals surface area contributed by atoms with E-state index in [2.05, 4.69) is 9.71 Å². The van der Waals surface area contributed by atoms with Gasteiger partial charge in [-0.05, 0) is 36.8 Å². The second-order valence-electron chi connectivity index (χ2n) is 4.26. The number of aromatic nitrogens is 2. The molecule has 2 N–H and O–H groups in total. The van der Waals surface area contributed by atoms with Gasteiger partial charge in [-0.2, -0.15) is 0 Å². The molecule has 0 aliphatic carbocycles. The van der Waals surface area contributed by atoms with Crippen molar-refractivity contribution >= 4 is 44.9 Å². The number of imidazole rings is 1. The Balaban J connectivity index is 2.13. The summed E-state index contributed by atoms with van der Waals surface area (Å²) in [7, 11) is -3.13. The van der Waals surface area contributed by atoms with E-state index in [4.69, 9.17) is 23.8 Å². The third-order valence-corrected chi connectivity index (χ3v) is 3.94. The Bertz CT molecular complexity index is 749. The Labute approximate surface area is 121 Å². The molecule has 1 aromatic carbocycles. The SMILES string of the molecule is CS(=O)(=O)NCCCn1c(=S)[nH]c2cc(Cl)ccc21. The van der Waals surface area contributed by atoms with Crippen molar-refractivity contribution in [2.24, 2.45) is 0 Å². The number of rotatable bonds is 5. The van der Waals surface area contributed by atoms with E-state index in [1.165, 1.54) is 0 Å². The topological polar surface area (TPSA) is 66.9 Å². The number of nitrogens with one attached hydrogen (secondary N) is 2. The van der Waals surface area contributed by atoms with Crippen LogP contribution in [0.4, 0.5) is 0 Å². The fourth-order valence-electron chi connectivity index (χ4n) is 1.85. The van der Waals surface area contributed by atoms with Gasteiger partial charge in [0.15, 0.2) is 4.77 Å². The largest absolute Gasteiger partial charge is 0.331 e. The lowest BCUT2D eigenvalue weighted by Gasteiger charge is -2.05. The maximum absolute atomic E-state index is 11.0. The van der Waals surface area contributed by atoms with E-state index in [-0.39, 0.29) is 0 Å². The highest BCUT2D eigenvalue weighted by Crippen LogP contribution is 2.19. The zero-order valence-electron chi connectivity index (χ0n) is 10.3. The minimum absolute atomic E-state index is 0.390. The molecule has 1 heterocycles. The first-order valence-electron chi connectivity index (χ1n) is 5.69. The standard InChI is InChI=1S/C11H14ClN3O2S2/c1-19(16,17)13-5-2-6-15-10-4-3-8(12)7-9(10)14-11(15)18/h3-4,7,13H,2,5-6H2,1H3,(H,14,18). The number of hydrogen-bond acceptors (Lipinski definition) is 3. The van der Waals surface area contributed by atoms with Gasteiger partial charge in [-0.25, -0.2) is 13.1 Å². The van der Waals surface area contributed by atoms with Crippen LogP contribution >= 0.6 is 23.8 Å². The highest BCUT2D eigenvalue weighted by atomic mass is 35.5. The van der Waals surface area contributed by atoms with Crippen molar-refractivity contribution in [1.29, 1.82) is 0 Å². The van der Waals surface area contributed by atoms with Gasteiger partial charge in [-0.15, -0.1) is 0 Å². The van der Waals surface area contributed by atoms with Gasteiger partial charge in [0, 0.05) is 18.1 Å². The van der Waals surface area contributed by atoms with Crippen molar-refractivity contribution in [3.05, 3.63) is 28.0 Å². The Morgan fingerprint density at radius 1 is 1.47 bits per heavy atom. The molecular weight excluding hydrogens is 306 g/mol. The van der Waals surface area contributed by atoms with Crippen molar-refractivity contribution in [1.82, 2.24) is 14.3 Å². The first kappa shape index (κ1) is 14.5. The van der Waals surface area contributed by atoms with Gasteiger partial charge in [-0.3, -0.25) is 0 Å². The Kier molecular flexibility index (Phi) is 4.29. The van der Waals surface area contributed by atoms with Gasteiger partial charge < -0.3 is 9.55 Å². The summed E-state index contributed by atoms with van der Waals surface area (Å²) in [5.41, 5.74) is 1.85. The number of benzene rings is 1. The van der Waals surface area contributed by atoms with Crippen LogP contribution in [0.1, 0.15) is 6.42 Å². The fraction of sp³-hybridized carbons (Fsp3) is 0.364. The molecule has 0 radical (unpaired) electrons. The van der Waals surface area contributed by atoms with Crippen LogP contribution in [0, 0.1) is 4.77 Å². The van der Waals surface area contributed by atoms with Crippen LogP contribution in [0.25, 0.3) is 11.0 Å². The molecule has 2 rings (SSSR count). The number of sulfonamides is 1. The van der Waals surface area contributed by atoms with Crippen molar-refractivity contribution in [3.63, 3.8) is 0 Å². The second kappa shape index (κ2) is 5.62. The minimum atomic E-state index is -3.13. The summed E-state index contributed by atoms with van der Waals surface area (Å²) in [5.74, 6) is 0. The predicted octanol–water partition coefficient (Wildman–Crippen LogP) is 2.29. The van der Waals surface area contributed by atoms with Crippen molar-refractivity contribution in [3.8, 4) is 0 Å². The lowest BCUT2D eigenvalue weighted by atomic mass is 10.3. The first-order valence-corrected chi connectivity index (χ1v) is 8.37. The van der Waals surface area contributed by atoms with Crippen molar-refractivity contribution in [2.75, 3.05) is 12.8 Å². The maximum Gasteiger partial charge on any atom is 0.208 e. The summed E-state index contributed by atoms with van der Waals surface area (Å²) >= 11 is 11.2. The number of fused-ring (bicyclic) bond motifs is 1. The Morgan fingerprint density at radius 3 is 2.89 bits per heavy atom. The molecule has 2 aromatic rings. The summed E-state index contributed by atoms with van der Waals surface area (Å²) in [5, 5.41) is 0.648. The molecule has 19 heavy (non-hydrogen) atoms. The molecule has 5 nitrogen and oxygen atoms in total. The van der Waals surface area contributed by atoms with Crippen molar-refractivity contribution in [2.45, 2.75) is 13.0 Å². The van der Waals surface area contributed by atoms with Gasteiger partial charge in [0.2, 0.25) is 10.0 Å². The average molecular weight is 320 g/mol. The molecule has 0 bridgehead atoms. The third kappa shape index (κ3) is 3.79. The number of aryl methyl sites for hydroxylation is 1. The molecule has 8 heteroatoms. The molecule has 0 amide bonds. The van der Waals surface area contributed by atoms with E-state index < -0.39 is 10.0 Å². The number of hydrogen-bond donors (Lipinski definition) is 2. The molecule has 0 fully saturated rings. The summed E-state index contributed by atoms with van der Waals surface area (Å²) in [6.07, 6.45) is 1.81. The molecule has 0 atom stereocenters. The number of halogens is 1. The highest BCUT2D eigenvalue weighted by molar-refractivity contribution is 7.88. The van der Waals surface area contributed by atoms with Gasteiger partial charge >= 0.3 is 0 Å². The molecule has 0 spiro atoms. The van der Waals surface area contributed by atoms with Gasteiger partial charge in [0.05, 0.1) is 17.3 Å². The molecule has 0 saturated heterocycles. The third-order valence-electron chi connectivity index (χ3n) is 2.66.